The van der Waals surface area contributed by atoms with Gasteiger partial charge in [0.2, 0.25) is 0 Å². The number of methoxy groups -OCH3 is 1. The fraction of sp³-hybridized carbons (Fsp3) is 0.417. The second-order valence-electron chi connectivity index (χ2n) is 3.85. The van der Waals surface area contributed by atoms with Crippen LogP contribution in [0.1, 0.15) is 11.3 Å². The van der Waals surface area contributed by atoms with E-state index >= 15 is 0 Å². The lowest BCUT2D eigenvalue weighted by Crippen LogP contribution is -2.06. The highest BCUT2D eigenvalue weighted by Crippen LogP contribution is 2.28. The van der Waals surface area contributed by atoms with Crippen LogP contribution in [0.3, 0.4) is 0 Å². The van der Waals surface area contributed by atoms with Crippen molar-refractivity contribution in [1.82, 2.24) is 9.55 Å². The van der Waals surface area contributed by atoms with Gasteiger partial charge in [-0.15, -0.1) is 0 Å². The molecule has 0 aromatic carbocycles. The molecular formula is C12H15ClN2O. The summed E-state index contributed by atoms with van der Waals surface area (Å²) in [7, 11) is 1.70. The molecule has 16 heavy (non-hydrogen) atoms. The number of aryl methyl sites for hydroxylation is 1. The summed E-state index contributed by atoms with van der Waals surface area (Å²) in [5, 5.41) is 1.73. The zero-order valence-electron chi connectivity index (χ0n) is 9.75. The van der Waals surface area contributed by atoms with E-state index in [2.05, 4.69) is 23.4 Å². The smallest absolute Gasteiger partial charge is 0.153 e. The van der Waals surface area contributed by atoms with Crippen LogP contribution >= 0.6 is 11.6 Å². The van der Waals surface area contributed by atoms with Gasteiger partial charge in [0.25, 0.3) is 0 Å². The van der Waals surface area contributed by atoms with Gasteiger partial charge in [-0.3, -0.25) is 0 Å². The summed E-state index contributed by atoms with van der Waals surface area (Å²) in [5.74, 6) is 0. The van der Waals surface area contributed by atoms with E-state index < -0.39 is 0 Å². The van der Waals surface area contributed by atoms with Crippen LogP contribution in [0.5, 0.6) is 0 Å². The Bertz CT molecular complexity index is 519. The van der Waals surface area contributed by atoms with Crippen LogP contribution in [0.4, 0.5) is 0 Å². The molecule has 0 aliphatic rings. The Morgan fingerprint density at radius 1 is 1.44 bits per heavy atom. The maximum absolute atomic E-state index is 6.15. The summed E-state index contributed by atoms with van der Waals surface area (Å²) in [4.78, 5) is 4.13. The lowest BCUT2D eigenvalue weighted by molar-refractivity contribution is 0.188. The minimum absolute atomic E-state index is 0.560. The first kappa shape index (κ1) is 11.4. The Kier molecular flexibility index (Phi) is 3.17. The summed E-state index contributed by atoms with van der Waals surface area (Å²) in [5.41, 5.74) is 3.49. The second kappa shape index (κ2) is 4.44. The van der Waals surface area contributed by atoms with Crippen LogP contribution in [-0.2, 0) is 11.3 Å². The summed E-state index contributed by atoms with van der Waals surface area (Å²) in [6.07, 6.45) is 1.75. The first-order valence-electron chi connectivity index (χ1n) is 5.25. The van der Waals surface area contributed by atoms with Gasteiger partial charge in [0, 0.05) is 30.9 Å². The summed E-state index contributed by atoms with van der Waals surface area (Å²) in [6, 6.07) is 2.01. The van der Waals surface area contributed by atoms with Gasteiger partial charge < -0.3 is 9.30 Å². The van der Waals surface area contributed by atoms with Crippen molar-refractivity contribution < 1.29 is 4.74 Å². The van der Waals surface area contributed by atoms with E-state index in [0.717, 1.165) is 12.1 Å². The summed E-state index contributed by atoms with van der Waals surface area (Å²) in [6.45, 7) is 5.69. The molecule has 0 aliphatic carbocycles. The number of pyridine rings is 1. The van der Waals surface area contributed by atoms with E-state index in [1.54, 1.807) is 13.3 Å². The van der Waals surface area contributed by atoms with Crippen molar-refractivity contribution >= 4 is 22.5 Å². The van der Waals surface area contributed by atoms with Gasteiger partial charge in [0.15, 0.2) is 5.15 Å². The molecule has 3 nitrogen and oxygen atoms in total. The van der Waals surface area contributed by atoms with Crippen LogP contribution in [0.2, 0.25) is 5.15 Å². The summed E-state index contributed by atoms with van der Waals surface area (Å²) < 4.78 is 7.28. The third kappa shape index (κ3) is 1.70. The molecule has 0 unspecified atom stereocenters. The normalized spacial score (nSPS) is 11.2. The largest absolute Gasteiger partial charge is 0.383 e. The van der Waals surface area contributed by atoms with Crippen molar-refractivity contribution in [3.63, 3.8) is 0 Å². The highest BCUT2D eigenvalue weighted by atomic mass is 35.5. The van der Waals surface area contributed by atoms with Crippen molar-refractivity contribution in [3.05, 3.63) is 28.7 Å². The predicted octanol–water partition coefficient (Wildman–Crippen LogP) is 2.95. The molecule has 2 aromatic rings. The molecule has 0 atom stereocenters. The Morgan fingerprint density at radius 2 is 2.19 bits per heavy atom. The number of rotatable bonds is 3. The fourth-order valence-corrected chi connectivity index (χ4v) is 2.28. The number of nitrogens with zero attached hydrogens (tertiary/aromatic N) is 2. The van der Waals surface area contributed by atoms with Crippen LogP contribution in [0.25, 0.3) is 10.9 Å². The predicted molar refractivity (Wildman–Crippen MR) is 66.1 cm³/mol. The lowest BCUT2D eigenvalue weighted by atomic mass is 10.2. The zero-order valence-corrected chi connectivity index (χ0v) is 10.5. The monoisotopic (exact) mass is 238 g/mol. The highest BCUT2D eigenvalue weighted by molar-refractivity contribution is 6.34. The molecule has 86 valence electrons. The first-order valence-corrected chi connectivity index (χ1v) is 5.63. The van der Waals surface area contributed by atoms with Crippen LogP contribution in [0.15, 0.2) is 12.3 Å². The molecule has 0 spiro atoms. The topological polar surface area (TPSA) is 27.1 Å². The van der Waals surface area contributed by atoms with Crippen molar-refractivity contribution in [2.45, 2.75) is 20.4 Å². The highest BCUT2D eigenvalue weighted by Gasteiger charge is 2.13. The van der Waals surface area contributed by atoms with Gasteiger partial charge >= 0.3 is 0 Å². The van der Waals surface area contributed by atoms with Gasteiger partial charge in [0.05, 0.1) is 12.1 Å². The molecule has 0 amide bonds. The van der Waals surface area contributed by atoms with E-state index in [-0.39, 0.29) is 0 Å². The van der Waals surface area contributed by atoms with Crippen molar-refractivity contribution in [1.29, 1.82) is 0 Å². The van der Waals surface area contributed by atoms with E-state index in [0.29, 0.717) is 11.8 Å². The minimum atomic E-state index is 0.560. The molecule has 4 heteroatoms. The molecule has 0 fully saturated rings. The fourth-order valence-electron chi connectivity index (χ4n) is 2.01. The molecule has 0 bridgehead atoms. The Balaban J connectivity index is 2.66. The Morgan fingerprint density at radius 3 is 2.88 bits per heavy atom. The second-order valence-corrected chi connectivity index (χ2v) is 4.21. The molecule has 0 aliphatic heterocycles. The quantitative estimate of drug-likeness (QED) is 0.769. The zero-order chi connectivity index (χ0) is 11.7. The maximum Gasteiger partial charge on any atom is 0.153 e. The number of aromatic nitrogens is 2. The molecule has 2 heterocycles. The van der Waals surface area contributed by atoms with Crippen LogP contribution in [0, 0.1) is 13.8 Å². The van der Waals surface area contributed by atoms with Crippen molar-refractivity contribution in [2.75, 3.05) is 13.7 Å². The van der Waals surface area contributed by atoms with E-state index in [1.807, 2.05) is 6.07 Å². The third-order valence-corrected chi connectivity index (χ3v) is 3.30. The van der Waals surface area contributed by atoms with E-state index in [4.69, 9.17) is 16.3 Å². The SMILES string of the molecule is COCCn1c(C)c(C)c2ccnc(Cl)c21. The third-order valence-electron chi connectivity index (χ3n) is 3.02. The average molecular weight is 239 g/mol. The molecule has 0 saturated heterocycles. The number of ether oxygens (including phenoxy) is 1. The minimum Gasteiger partial charge on any atom is -0.383 e. The molecule has 0 N–H and O–H groups in total. The van der Waals surface area contributed by atoms with Gasteiger partial charge in [-0.2, -0.15) is 0 Å². The number of fused-ring (bicyclic) bond motifs is 1. The number of hydrogen-bond donors (Lipinski definition) is 0. The molecule has 0 radical (unpaired) electrons. The van der Waals surface area contributed by atoms with Crippen molar-refractivity contribution in [3.8, 4) is 0 Å². The number of hydrogen-bond acceptors (Lipinski definition) is 2. The van der Waals surface area contributed by atoms with Crippen LogP contribution < -0.4 is 0 Å². The average Bonchev–Trinajstić information content (AvgIpc) is 2.52. The first-order chi connectivity index (χ1) is 7.66. The van der Waals surface area contributed by atoms with Gasteiger partial charge in [-0.05, 0) is 25.5 Å². The molecular weight excluding hydrogens is 224 g/mol. The molecule has 2 aromatic heterocycles. The van der Waals surface area contributed by atoms with E-state index in [1.165, 1.54) is 16.6 Å². The van der Waals surface area contributed by atoms with Crippen LogP contribution in [-0.4, -0.2) is 23.3 Å². The summed E-state index contributed by atoms with van der Waals surface area (Å²) >= 11 is 6.15. The standard InChI is InChI=1S/C12H15ClN2O/c1-8-9(2)15(6-7-16-3)11-10(8)4-5-14-12(11)13/h4-5H,6-7H2,1-3H3. The molecule has 2 rings (SSSR count). The van der Waals surface area contributed by atoms with Gasteiger partial charge in [-0.25, -0.2) is 4.98 Å². The van der Waals surface area contributed by atoms with Crippen molar-refractivity contribution in [2.24, 2.45) is 0 Å². The maximum atomic E-state index is 6.15. The lowest BCUT2D eigenvalue weighted by Gasteiger charge is -2.07. The van der Waals surface area contributed by atoms with Gasteiger partial charge in [-0.1, -0.05) is 11.6 Å². The Labute approximate surface area is 100.0 Å². The van der Waals surface area contributed by atoms with E-state index in [9.17, 15) is 0 Å². The van der Waals surface area contributed by atoms with Gasteiger partial charge in [0.1, 0.15) is 0 Å². The number of halogens is 1. The Hall–Kier alpha value is -1.06. The molecule has 0 saturated carbocycles.